The van der Waals surface area contributed by atoms with Crippen molar-refractivity contribution in [2.75, 3.05) is 0 Å². The molecule has 120 valence electrons. The first-order valence-corrected chi connectivity index (χ1v) is 8.39. The van der Waals surface area contributed by atoms with Crippen molar-refractivity contribution in [2.45, 2.75) is 13.8 Å². The van der Waals surface area contributed by atoms with Crippen molar-refractivity contribution >= 4 is 27.2 Å². The third-order valence-corrected chi connectivity index (χ3v) is 5.00. The highest BCUT2D eigenvalue weighted by atomic mass is 14.9. The van der Waals surface area contributed by atoms with Crippen molar-refractivity contribution in [3.05, 3.63) is 83.3 Å². The highest BCUT2D eigenvalue weighted by Crippen LogP contribution is 2.33. The molecule has 2 heteroatoms. The second-order valence-corrected chi connectivity index (χ2v) is 6.59. The van der Waals surface area contributed by atoms with E-state index in [9.17, 15) is 0 Å². The van der Waals surface area contributed by atoms with E-state index < -0.39 is 0 Å². The van der Waals surface area contributed by atoms with Crippen LogP contribution in [-0.2, 0) is 7.05 Å². The molecule has 0 bridgehead atoms. The fourth-order valence-corrected chi connectivity index (χ4v) is 3.57. The van der Waals surface area contributed by atoms with Gasteiger partial charge in [-0.05, 0) is 40.8 Å². The molecule has 0 aliphatic rings. The van der Waals surface area contributed by atoms with E-state index >= 15 is 0 Å². The van der Waals surface area contributed by atoms with Gasteiger partial charge in [0, 0.05) is 13.0 Å². The number of fused-ring (bicyclic) bond motifs is 2. The maximum absolute atomic E-state index is 7.28. The van der Waals surface area contributed by atoms with Crippen LogP contribution in [0.4, 0.5) is 5.69 Å². The summed E-state index contributed by atoms with van der Waals surface area (Å²) in [7, 11) is 2.11. The molecule has 4 rings (SSSR count). The Balaban J connectivity index is 2.12. The Morgan fingerprint density at radius 2 is 1.56 bits per heavy atom. The highest BCUT2D eigenvalue weighted by Gasteiger charge is 2.20. The number of aromatic nitrogens is 1. The summed E-state index contributed by atoms with van der Waals surface area (Å²) in [6.45, 7) is 11.6. The van der Waals surface area contributed by atoms with Gasteiger partial charge >= 0.3 is 0 Å². The fraction of sp³-hybridized carbons (Fsp3) is 0.130. The largest absolute Gasteiger partial charge is 0.238 e. The van der Waals surface area contributed by atoms with Gasteiger partial charge in [-0.15, -0.1) is 0 Å². The molecule has 0 fully saturated rings. The predicted molar refractivity (Wildman–Crippen MR) is 104 cm³/mol. The average molecular weight is 323 g/mol. The van der Waals surface area contributed by atoms with Crippen LogP contribution in [0.2, 0.25) is 0 Å². The Labute approximate surface area is 147 Å². The first-order chi connectivity index (χ1) is 12.1. The van der Waals surface area contributed by atoms with Crippen molar-refractivity contribution in [1.82, 2.24) is 0 Å². The zero-order valence-electron chi connectivity index (χ0n) is 14.7. The fourth-order valence-electron chi connectivity index (χ4n) is 3.57. The van der Waals surface area contributed by atoms with Crippen LogP contribution in [0.5, 0.6) is 0 Å². The first-order valence-electron chi connectivity index (χ1n) is 8.39. The van der Waals surface area contributed by atoms with Gasteiger partial charge in [0.25, 0.3) is 0 Å². The molecular weight excluding hydrogens is 304 g/mol. The lowest BCUT2D eigenvalue weighted by Crippen LogP contribution is -2.35. The van der Waals surface area contributed by atoms with E-state index in [1.165, 1.54) is 38.7 Å². The smallest absolute Gasteiger partial charge is 0.220 e. The summed E-state index contributed by atoms with van der Waals surface area (Å²) in [5.41, 5.74) is 5.56. The third kappa shape index (κ3) is 2.45. The minimum Gasteiger partial charge on any atom is -0.238 e. The zero-order chi connectivity index (χ0) is 17.6. The molecule has 0 amide bonds. The monoisotopic (exact) mass is 323 g/mol. The minimum atomic E-state index is 0.682. The van der Waals surface area contributed by atoms with Gasteiger partial charge in [0.05, 0.1) is 17.5 Å². The van der Waals surface area contributed by atoms with Crippen LogP contribution in [0.15, 0.2) is 60.7 Å². The number of hydrogen-bond donors (Lipinski definition) is 0. The van der Waals surface area contributed by atoms with E-state index in [1.807, 2.05) is 12.1 Å². The van der Waals surface area contributed by atoms with Gasteiger partial charge < -0.3 is 0 Å². The Hall–Kier alpha value is -3.18. The van der Waals surface area contributed by atoms with Crippen molar-refractivity contribution in [3.8, 4) is 11.3 Å². The molecule has 0 radical (unpaired) electrons. The Morgan fingerprint density at radius 1 is 0.840 bits per heavy atom. The molecule has 2 nitrogen and oxygen atoms in total. The van der Waals surface area contributed by atoms with Crippen LogP contribution in [0, 0.1) is 20.4 Å². The Morgan fingerprint density at radius 3 is 2.28 bits per heavy atom. The molecule has 25 heavy (non-hydrogen) atoms. The maximum Gasteiger partial charge on any atom is 0.220 e. The molecule has 0 saturated carbocycles. The van der Waals surface area contributed by atoms with Gasteiger partial charge in [-0.25, -0.2) is 4.85 Å². The van der Waals surface area contributed by atoms with E-state index in [1.54, 1.807) is 0 Å². The predicted octanol–water partition coefficient (Wildman–Crippen LogP) is 5.65. The van der Waals surface area contributed by atoms with Crippen molar-refractivity contribution in [3.63, 3.8) is 0 Å². The highest BCUT2D eigenvalue weighted by molar-refractivity contribution is 5.98. The van der Waals surface area contributed by atoms with Gasteiger partial charge in [0.2, 0.25) is 5.69 Å². The molecule has 0 aliphatic heterocycles. The summed E-state index contributed by atoms with van der Waals surface area (Å²) in [4.78, 5) is 3.58. The number of benzene rings is 3. The van der Waals surface area contributed by atoms with Gasteiger partial charge in [-0.1, -0.05) is 42.5 Å². The molecule has 0 unspecified atom stereocenters. The van der Waals surface area contributed by atoms with Crippen LogP contribution < -0.4 is 4.57 Å². The van der Waals surface area contributed by atoms with Crippen LogP contribution in [0.1, 0.15) is 11.3 Å². The van der Waals surface area contributed by atoms with Crippen LogP contribution >= 0.6 is 0 Å². The normalized spacial score (nSPS) is 11.0. The van der Waals surface area contributed by atoms with E-state index in [-0.39, 0.29) is 0 Å². The van der Waals surface area contributed by atoms with E-state index in [0.717, 1.165) is 5.39 Å². The second kappa shape index (κ2) is 5.72. The molecule has 0 atom stereocenters. The SMILES string of the molecule is [C-]#[N+]c1ccc2c(-c3cc4ccccc4cc3C)[n+](C)c(C)cc2c1. The summed E-state index contributed by atoms with van der Waals surface area (Å²) in [5.74, 6) is 0. The van der Waals surface area contributed by atoms with Crippen LogP contribution in [0.3, 0.4) is 0 Å². The molecule has 1 aromatic heterocycles. The van der Waals surface area contributed by atoms with Crippen LogP contribution in [-0.4, -0.2) is 0 Å². The lowest BCUT2D eigenvalue weighted by Gasteiger charge is -2.11. The summed E-state index contributed by atoms with van der Waals surface area (Å²) < 4.78 is 2.25. The van der Waals surface area contributed by atoms with Crippen LogP contribution in [0.25, 0.3) is 37.6 Å². The summed E-state index contributed by atoms with van der Waals surface area (Å²) >= 11 is 0. The molecule has 0 N–H and O–H groups in total. The topological polar surface area (TPSA) is 8.24 Å². The number of hydrogen-bond acceptors (Lipinski definition) is 0. The molecular formula is C23H19N2+. The average Bonchev–Trinajstić information content (AvgIpc) is 2.62. The molecule has 4 aromatic rings. The molecule has 0 spiro atoms. The molecule has 3 aromatic carbocycles. The Kier molecular flexibility index (Phi) is 3.51. The third-order valence-electron chi connectivity index (χ3n) is 5.00. The summed E-state index contributed by atoms with van der Waals surface area (Å²) in [6, 6.07) is 21.1. The van der Waals surface area contributed by atoms with E-state index in [0.29, 0.717) is 5.69 Å². The lowest BCUT2D eigenvalue weighted by atomic mass is 9.95. The van der Waals surface area contributed by atoms with Crippen molar-refractivity contribution < 1.29 is 4.57 Å². The van der Waals surface area contributed by atoms with Gasteiger partial charge in [-0.3, -0.25) is 0 Å². The molecule has 0 aliphatic carbocycles. The Bertz CT molecular complexity index is 1180. The van der Waals surface area contributed by atoms with Gasteiger partial charge in [0.1, 0.15) is 7.05 Å². The number of rotatable bonds is 1. The minimum absolute atomic E-state index is 0.682. The van der Waals surface area contributed by atoms with Gasteiger partial charge in [-0.2, -0.15) is 4.57 Å². The first kappa shape index (κ1) is 15.4. The molecule has 0 saturated heterocycles. The summed E-state index contributed by atoms with van der Waals surface area (Å²) in [6.07, 6.45) is 0. The lowest BCUT2D eigenvalue weighted by molar-refractivity contribution is -0.665. The zero-order valence-corrected chi connectivity index (χ0v) is 14.7. The van der Waals surface area contributed by atoms with Crippen molar-refractivity contribution in [1.29, 1.82) is 0 Å². The second-order valence-electron chi connectivity index (χ2n) is 6.59. The van der Waals surface area contributed by atoms with E-state index in [4.69, 9.17) is 6.57 Å². The number of nitrogens with zero attached hydrogens (tertiary/aromatic N) is 2. The quantitative estimate of drug-likeness (QED) is 0.316. The standard InChI is InChI=1S/C23H19N2/c1-15-11-17-7-5-6-8-18(17)14-22(15)23-21-10-9-20(24-3)13-19(21)12-16(2)25(23)4/h5-14H,1-2,4H3/q+1. The maximum atomic E-state index is 7.28. The number of pyridine rings is 1. The van der Waals surface area contributed by atoms with Gasteiger partial charge in [0.15, 0.2) is 11.4 Å². The van der Waals surface area contributed by atoms with E-state index in [2.05, 4.69) is 78.8 Å². The number of aryl methyl sites for hydroxylation is 2. The van der Waals surface area contributed by atoms with Crippen molar-refractivity contribution in [2.24, 2.45) is 7.05 Å². The molecule has 1 heterocycles. The summed E-state index contributed by atoms with van der Waals surface area (Å²) in [5, 5.41) is 4.81.